The van der Waals surface area contributed by atoms with Crippen LogP contribution in [0.2, 0.25) is 5.02 Å². The number of anilines is 2. The number of fused-ring (bicyclic) bond motifs is 1. The van der Waals surface area contributed by atoms with Gasteiger partial charge in [0.1, 0.15) is 5.75 Å². The van der Waals surface area contributed by atoms with Crippen molar-refractivity contribution in [2.45, 2.75) is 13.8 Å². The number of ether oxygens (including phenoxy) is 1. The van der Waals surface area contributed by atoms with Crippen LogP contribution in [0.4, 0.5) is 11.4 Å². The zero-order valence-electron chi connectivity index (χ0n) is 12.6. The van der Waals surface area contributed by atoms with E-state index in [1.807, 2.05) is 62.4 Å². The molecule has 2 aromatic carbocycles. The van der Waals surface area contributed by atoms with E-state index in [4.69, 9.17) is 16.3 Å². The van der Waals surface area contributed by atoms with Crippen molar-refractivity contribution < 1.29 is 4.74 Å². The third-order valence-corrected chi connectivity index (χ3v) is 3.69. The van der Waals surface area contributed by atoms with E-state index in [1.165, 1.54) is 0 Å². The van der Waals surface area contributed by atoms with Gasteiger partial charge in [-0.3, -0.25) is 4.98 Å². The minimum absolute atomic E-state index is 0.637. The van der Waals surface area contributed by atoms with Crippen LogP contribution in [-0.4, -0.2) is 11.6 Å². The SMILES string of the molecule is CCOc1ccc2nc(C)cc(Nc3ccccc3Cl)c2c1. The molecule has 0 spiro atoms. The lowest BCUT2D eigenvalue weighted by atomic mass is 10.1. The van der Waals surface area contributed by atoms with E-state index in [9.17, 15) is 0 Å². The Morgan fingerprint density at radius 2 is 1.91 bits per heavy atom. The quantitative estimate of drug-likeness (QED) is 0.706. The Bertz CT molecular complexity index is 817. The van der Waals surface area contributed by atoms with Gasteiger partial charge in [-0.25, -0.2) is 0 Å². The maximum absolute atomic E-state index is 6.24. The number of nitrogens with zero attached hydrogens (tertiary/aromatic N) is 1. The van der Waals surface area contributed by atoms with Gasteiger partial charge in [-0.2, -0.15) is 0 Å². The standard InChI is InChI=1S/C18H17ClN2O/c1-3-22-13-8-9-16-14(11-13)18(10-12(2)20-16)21-17-7-5-4-6-15(17)19/h4-11H,3H2,1-2H3,(H,20,21). The zero-order chi connectivity index (χ0) is 15.5. The van der Waals surface area contributed by atoms with Crippen molar-refractivity contribution in [3.63, 3.8) is 0 Å². The number of aryl methyl sites for hydroxylation is 1. The van der Waals surface area contributed by atoms with Gasteiger partial charge in [0.15, 0.2) is 0 Å². The molecule has 4 heteroatoms. The molecule has 3 rings (SSSR count). The van der Waals surface area contributed by atoms with Crippen LogP contribution in [0.5, 0.6) is 5.75 Å². The van der Waals surface area contributed by atoms with Gasteiger partial charge in [0.25, 0.3) is 0 Å². The fourth-order valence-corrected chi connectivity index (χ4v) is 2.59. The predicted octanol–water partition coefficient (Wildman–Crippen LogP) is 5.34. The highest BCUT2D eigenvalue weighted by Gasteiger charge is 2.08. The topological polar surface area (TPSA) is 34.1 Å². The molecule has 0 fully saturated rings. The van der Waals surface area contributed by atoms with Gasteiger partial charge in [0.2, 0.25) is 0 Å². The Hall–Kier alpha value is -2.26. The first-order valence-electron chi connectivity index (χ1n) is 7.23. The summed E-state index contributed by atoms with van der Waals surface area (Å²) < 4.78 is 5.59. The second-order valence-electron chi connectivity index (χ2n) is 5.03. The number of hydrogen-bond donors (Lipinski definition) is 1. The molecule has 0 bridgehead atoms. The van der Waals surface area contributed by atoms with Gasteiger partial charge in [0.05, 0.1) is 22.8 Å². The van der Waals surface area contributed by atoms with Crippen molar-refractivity contribution >= 4 is 33.9 Å². The van der Waals surface area contributed by atoms with Crippen molar-refractivity contribution in [3.8, 4) is 5.75 Å². The molecule has 0 saturated carbocycles. The van der Waals surface area contributed by atoms with Crippen LogP contribution in [0.3, 0.4) is 0 Å². The van der Waals surface area contributed by atoms with Crippen molar-refractivity contribution in [2.75, 3.05) is 11.9 Å². The van der Waals surface area contributed by atoms with E-state index < -0.39 is 0 Å². The van der Waals surface area contributed by atoms with Gasteiger partial charge in [-0.05, 0) is 50.2 Å². The lowest BCUT2D eigenvalue weighted by Gasteiger charge is -2.13. The lowest BCUT2D eigenvalue weighted by molar-refractivity contribution is 0.340. The summed E-state index contributed by atoms with van der Waals surface area (Å²) in [6.45, 7) is 4.59. The Kier molecular flexibility index (Phi) is 4.16. The zero-order valence-corrected chi connectivity index (χ0v) is 13.3. The number of pyridine rings is 1. The van der Waals surface area contributed by atoms with Crippen LogP contribution in [0.1, 0.15) is 12.6 Å². The molecular weight excluding hydrogens is 296 g/mol. The van der Waals surface area contributed by atoms with E-state index in [2.05, 4.69) is 10.3 Å². The monoisotopic (exact) mass is 312 g/mol. The highest BCUT2D eigenvalue weighted by molar-refractivity contribution is 6.33. The highest BCUT2D eigenvalue weighted by Crippen LogP contribution is 2.31. The van der Waals surface area contributed by atoms with Gasteiger partial charge >= 0.3 is 0 Å². The number of para-hydroxylation sites is 1. The number of aromatic nitrogens is 1. The number of nitrogens with one attached hydrogen (secondary N) is 1. The molecule has 0 aliphatic carbocycles. The molecule has 0 atom stereocenters. The molecule has 3 aromatic rings. The summed E-state index contributed by atoms with van der Waals surface area (Å²) >= 11 is 6.24. The van der Waals surface area contributed by atoms with E-state index in [1.54, 1.807) is 0 Å². The summed E-state index contributed by atoms with van der Waals surface area (Å²) in [7, 11) is 0. The molecule has 1 aromatic heterocycles. The van der Waals surface area contributed by atoms with Crippen LogP contribution in [0, 0.1) is 6.92 Å². The summed E-state index contributed by atoms with van der Waals surface area (Å²) in [6.07, 6.45) is 0. The average molecular weight is 313 g/mol. The van der Waals surface area contributed by atoms with Crippen LogP contribution in [-0.2, 0) is 0 Å². The number of halogens is 1. The molecule has 3 nitrogen and oxygen atoms in total. The first-order valence-corrected chi connectivity index (χ1v) is 7.61. The van der Waals surface area contributed by atoms with Gasteiger partial charge in [-0.1, -0.05) is 23.7 Å². The minimum atomic E-state index is 0.637. The van der Waals surface area contributed by atoms with Crippen LogP contribution in [0.25, 0.3) is 10.9 Å². The Morgan fingerprint density at radius 1 is 1.09 bits per heavy atom. The van der Waals surface area contributed by atoms with Crippen LogP contribution in [0.15, 0.2) is 48.5 Å². The molecule has 1 N–H and O–H groups in total. The fraction of sp³-hybridized carbons (Fsp3) is 0.167. The molecule has 0 saturated heterocycles. The Morgan fingerprint density at radius 3 is 2.68 bits per heavy atom. The van der Waals surface area contributed by atoms with Crippen molar-refractivity contribution in [1.82, 2.24) is 4.98 Å². The molecule has 0 radical (unpaired) electrons. The number of benzene rings is 2. The number of rotatable bonds is 4. The van der Waals surface area contributed by atoms with Crippen molar-refractivity contribution in [1.29, 1.82) is 0 Å². The van der Waals surface area contributed by atoms with Gasteiger partial charge < -0.3 is 10.1 Å². The van der Waals surface area contributed by atoms with E-state index in [-0.39, 0.29) is 0 Å². The summed E-state index contributed by atoms with van der Waals surface area (Å²) in [5.74, 6) is 0.836. The minimum Gasteiger partial charge on any atom is -0.494 e. The van der Waals surface area contributed by atoms with E-state index >= 15 is 0 Å². The maximum atomic E-state index is 6.24. The molecule has 0 aliphatic rings. The summed E-state index contributed by atoms with van der Waals surface area (Å²) in [5.41, 5.74) is 3.72. The lowest BCUT2D eigenvalue weighted by Crippen LogP contribution is -1.97. The molecule has 0 aliphatic heterocycles. The smallest absolute Gasteiger partial charge is 0.120 e. The second kappa shape index (κ2) is 6.24. The maximum Gasteiger partial charge on any atom is 0.120 e. The summed E-state index contributed by atoms with van der Waals surface area (Å²) in [5, 5.41) is 5.09. The second-order valence-corrected chi connectivity index (χ2v) is 5.44. The first-order chi connectivity index (χ1) is 10.7. The van der Waals surface area contributed by atoms with Crippen molar-refractivity contribution in [2.24, 2.45) is 0 Å². The third kappa shape index (κ3) is 3.00. The molecule has 22 heavy (non-hydrogen) atoms. The van der Waals surface area contributed by atoms with Crippen molar-refractivity contribution in [3.05, 3.63) is 59.2 Å². The average Bonchev–Trinajstić information content (AvgIpc) is 2.50. The fourth-order valence-electron chi connectivity index (χ4n) is 2.40. The summed E-state index contributed by atoms with van der Waals surface area (Å²) in [6, 6.07) is 15.6. The van der Waals surface area contributed by atoms with E-state index in [0.29, 0.717) is 11.6 Å². The Balaban J connectivity index is 2.10. The van der Waals surface area contributed by atoms with Gasteiger partial charge in [-0.15, -0.1) is 0 Å². The number of hydrogen-bond acceptors (Lipinski definition) is 3. The Labute approximate surface area is 134 Å². The first kappa shape index (κ1) is 14.7. The highest BCUT2D eigenvalue weighted by atomic mass is 35.5. The molecule has 112 valence electrons. The molecular formula is C18H17ClN2O. The third-order valence-electron chi connectivity index (χ3n) is 3.36. The molecule has 0 unspecified atom stereocenters. The van der Waals surface area contributed by atoms with Gasteiger partial charge in [0, 0.05) is 16.8 Å². The predicted molar refractivity (Wildman–Crippen MR) is 92.4 cm³/mol. The largest absolute Gasteiger partial charge is 0.494 e. The van der Waals surface area contributed by atoms with Crippen LogP contribution < -0.4 is 10.1 Å². The molecule has 1 heterocycles. The normalized spacial score (nSPS) is 10.7. The molecule has 0 amide bonds. The summed E-state index contributed by atoms with van der Waals surface area (Å²) in [4.78, 5) is 4.57. The van der Waals surface area contributed by atoms with Crippen LogP contribution >= 0.6 is 11.6 Å². The van der Waals surface area contributed by atoms with E-state index in [0.717, 1.165) is 33.7 Å².